The maximum Gasteiger partial charge on any atom is 0.326 e. The van der Waals surface area contributed by atoms with Crippen LogP contribution in [0.25, 0.3) is 0 Å². The van der Waals surface area contributed by atoms with Crippen molar-refractivity contribution in [2.45, 2.75) is 39.2 Å². The molecule has 1 saturated heterocycles. The van der Waals surface area contributed by atoms with Crippen molar-refractivity contribution in [3.8, 4) is 5.75 Å². The molecule has 22 heavy (non-hydrogen) atoms. The highest BCUT2D eigenvalue weighted by molar-refractivity contribution is 5.85. The molecule has 1 N–H and O–H groups in total. The highest BCUT2D eigenvalue weighted by atomic mass is 16.5. The van der Waals surface area contributed by atoms with Crippen molar-refractivity contribution in [2.24, 2.45) is 5.92 Å². The van der Waals surface area contributed by atoms with Gasteiger partial charge >= 0.3 is 5.97 Å². The molecule has 1 aliphatic rings. The van der Waals surface area contributed by atoms with Gasteiger partial charge in [0, 0.05) is 6.54 Å². The first kappa shape index (κ1) is 16.3. The quantitative estimate of drug-likeness (QED) is 0.876. The molecule has 0 unspecified atom stereocenters. The number of aliphatic carboxylic acids is 1. The van der Waals surface area contributed by atoms with E-state index in [2.05, 4.69) is 13.8 Å². The summed E-state index contributed by atoms with van der Waals surface area (Å²) in [5, 5.41) is 9.13. The number of likely N-dealkylation sites (tertiary alicyclic amines) is 1. The van der Waals surface area contributed by atoms with Gasteiger partial charge in [0.25, 0.3) is 0 Å². The fraction of sp³-hybridized carbons (Fsp3) is 0.529. The lowest BCUT2D eigenvalue weighted by molar-refractivity contribution is -0.148. The molecule has 1 heterocycles. The third-order valence-electron chi connectivity index (χ3n) is 3.72. The Bertz CT molecular complexity index is 524. The third kappa shape index (κ3) is 4.23. The molecule has 0 radical (unpaired) electrons. The van der Waals surface area contributed by atoms with Crippen molar-refractivity contribution < 1.29 is 19.4 Å². The topological polar surface area (TPSA) is 66.8 Å². The predicted octanol–water partition coefficient (Wildman–Crippen LogP) is 2.34. The third-order valence-corrected chi connectivity index (χ3v) is 3.72. The van der Waals surface area contributed by atoms with Crippen molar-refractivity contribution in [3.63, 3.8) is 0 Å². The van der Waals surface area contributed by atoms with Gasteiger partial charge in [-0.1, -0.05) is 26.0 Å². The van der Waals surface area contributed by atoms with E-state index in [1.807, 2.05) is 24.3 Å². The molecule has 0 aromatic heterocycles. The van der Waals surface area contributed by atoms with E-state index in [1.54, 1.807) is 0 Å². The van der Waals surface area contributed by atoms with E-state index in [1.165, 1.54) is 4.90 Å². The van der Waals surface area contributed by atoms with Gasteiger partial charge in [0.2, 0.25) is 5.91 Å². The maximum atomic E-state index is 12.3. The van der Waals surface area contributed by atoms with E-state index < -0.39 is 12.0 Å². The normalized spacial score (nSPS) is 17.8. The molecular weight excluding hydrogens is 282 g/mol. The average molecular weight is 305 g/mol. The van der Waals surface area contributed by atoms with Gasteiger partial charge < -0.3 is 14.7 Å². The van der Waals surface area contributed by atoms with Gasteiger partial charge in [-0.05, 0) is 36.5 Å². The summed E-state index contributed by atoms with van der Waals surface area (Å²) in [6, 6.07) is 6.76. The van der Waals surface area contributed by atoms with Gasteiger partial charge in [-0.25, -0.2) is 4.79 Å². The van der Waals surface area contributed by atoms with Crippen LogP contribution >= 0.6 is 0 Å². The lowest BCUT2D eigenvalue weighted by Crippen LogP contribution is -2.41. The van der Waals surface area contributed by atoms with Crippen LogP contribution in [0.2, 0.25) is 0 Å². The highest BCUT2D eigenvalue weighted by Crippen LogP contribution is 2.20. The zero-order valence-electron chi connectivity index (χ0n) is 13.1. The van der Waals surface area contributed by atoms with E-state index in [0.29, 0.717) is 25.5 Å². The molecule has 5 heteroatoms. The monoisotopic (exact) mass is 305 g/mol. The van der Waals surface area contributed by atoms with Gasteiger partial charge in [0.1, 0.15) is 11.8 Å². The van der Waals surface area contributed by atoms with Gasteiger partial charge in [-0.2, -0.15) is 0 Å². The van der Waals surface area contributed by atoms with Gasteiger partial charge in [0.15, 0.2) is 0 Å². The number of rotatable bonds is 6. The van der Waals surface area contributed by atoms with E-state index >= 15 is 0 Å². The number of carbonyl (C=O) groups is 2. The Hall–Kier alpha value is -2.04. The molecule has 1 fully saturated rings. The van der Waals surface area contributed by atoms with Crippen molar-refractivity contribution >= 4 is 11.9 Å². The van der Waals surface area contributed by atoms with Crippen LogP contribution in [0.15, 0.2) is 24.3 Å². The summed E-state index contributed by atoms with van der Waals surface area (Å²) in [5.41, 5.74) is 0.873. The fourth-order valence-electron chi connectivity index (χ4n) is 2.56. The molecule has 1 aromatic rings. The van der Waals surface area contributed by atoms with Gasteiger partial charge in [-0.15, -0.1) is 0 Å². The fourth-order valence-corrected chi connectivity index (χ4v) is 2.56. The lowest BCUT2D eigenvalue weighted by Gasteiger charge is -2.21. The standard InChI is InChI=1S/C17H23NO4/c1-12(2)11-22-14-7-5-13(6-8-14)10-16(19)18-9-3-4-15(18)17(20)21/h5-8,12,15H,3-4,9-11H2,1-2H3,(H,20,21)/t15-/m1/s1. The molecule has 1 atom stereocenters. The summed E-state index contributed by atoms with van der Waals surface area (Å²) >= 11 is 0. The summed E-state index contributed by atoms with van der Waals surface area (Å²) in [6.07, 6.45) is 1.53. The molecule has 1 aromatic carbocycles. The average Bonchev–Trinajstić information content (AvgIpc) is 2.96. The Balaban J connectivity index is 1.93. The Morgan fingerprint density at radius 3 is 2.59 bits per heavy atom. The van der Waals surface area contributed by atoms with Crippen LogP contribution in [0, 0.1) is 5.92 Å². The summed E-state index contributed by atoms with van der Waals surface area (Å²) in [4.78, 5) is 24.9. The molecule has 0 aliphatic carbocycles. The zero-order valence-corrected chi connectivity index (χ0v) is 13.1. The maximum absolute atomic E-state index is 12.3. The van der Waals surface area contributed by atoms with Crippen LogP contribution in [0.4, 0.5) is 0 Å². The minimum absolute atomic E-state index is 0.124. The molecular formula is C17H23NO4. The molecule has 1 aliphatic heterocycles. The van der Waals surface area contributed by atoms with E-state index in [0.717, 1.165) is 17.7 Å². The predicted molar refractivity (Wildman–Crippen MR) is 82.8 cm³/mol. The van der Waals surface area contributed by atoms with Crippen LogP contribution in [-0.4, -0.2) is 41.1 Å². The van der Waals surface area contributed by atoms with Crippen molar-refractivity contribution in [3.05, 3.63) is 29.8 Å². The summed E-state index contributed by atoms with van der Waals surface area (Å²) in [5.74, 6) is 0.211. The number of benzene rings is 1. The molecule has 120 valence electrons. The molecule has 0 spiro atoms. The SMILES string of the molecule is CC(C)COc1ccc(CC(=O)N2CCC[C@@H]2C(=O)O)cc1. The molecule has 2 rings (SSSR count). The second kappa shape index (κ2) is 7.29. The second-order valence-electron chi connectivity index (χ2n) is 6.11. The Labute approximate surface area is 130 Å². The van der Waals surface area contributed by atoms with Crippen LogP contribution in [0.5, 0.6) is 5.75 Å². The molecule has 1 amide bonds. The van der Waals surface area contributed by atoms with Crippen LogP contribution in [0.3, 0.4) is 0 Å². The Morgan fingerprint density at radius 1 is 1.32 bits per heavy atom. The summed E-state index contributed by atoms with van der Waals surface area (Å²) in [7, 11) is 0. The largest absolute Gasteiger partial charge is 0.493 e. The summed E-state index contributed by atoms with van der Waals surface area (Å²) < 4.78 is 5.60. The number of hydrogen-bond acceptors (Lipinski definition) is 3. The van der Waals surface area contributed by atoms with Crippen LogP contribution in [0.1, 0.15) is 32.3 Å². The first-order chi connectivity index (χ1) is 10.5. The van der Waals surface area contributed by atoms with Crippen molar-refractivity contribution in [2.75, 3.05) is 13.2 Å². The number of ether oxygens (including phenoxy) is 1. The Morgan fingerprint density at radius 2 is 2.00 bits per heavy atom. The Kier molecular flexibility index (Phi) is 5.41. The minimum atomic E-state index is -0.914. The number of carbonyl (C=O) groups excluding carboxylic acids is 1. The van der Waals surface area contributed by atoms with E-state index in [4.69, 9.17) is 9.84 Å². The molecule has 5 nitrogen and oxygen atoms in total. The van der Waals surface area contributed by atoms with Crippen LogP contribution in [-0.2, 0) is 16.0 Å². The molecule has 0 bridgehead atoms. The molecule has 0 saturated carbocycles. The first-order valence-electron chi connectivity index (χ1n) is 7.71. The number of hydrogen-bond donors (Lipinski definition) is 1. The minimum Gasteiger partial charge on any atom is -0.493 e. The van der Waals surface area contributed by atoms with Crippen molar-refractivity contribution in [1.29, 1.82) is 0 Å². The highest BCUT2D eigenvalue weighted by Gasteiger charge is 2.33. The number of carboxylic acids is 1. The van der Waals surface area contributed by atoms with Gasteiger partial charge in [0.05, 0.1) is 13.0 Å². The van der Waals surface area contributed by atoms with E-state index in [9.17, 15) is 9.59 Å². The lowest BCUT2D eigenvalue weighted by atomic mass is 10.1. The second-order valence-corrected chi connectivity index (χ2v) is 6.11. The number of carboxylic acid groups (broad SMARTS) is 1. The van der Waals surface area contributed by atoms with Crippen molar-refractivity contribution in [1.82, 2.24) is 4.90 Å². The number of amides is 1. The van der Waals surface area contributed by atoms with Gasteiger partial charge in [-0.3, -0.25) is 4.79 Å². The smallest absolute Gasteiger partial charge is 0.326 e. The number of nitrogens with zero attached hydrogens (tertiary/aromatic N) is 1. The van der Waals surface area contributed by atoms with Crippen LogP contribution < -0.4 is 4.74 Å². The first-order valence-corrected chi connectivity index (χ1v) is 7.71. The van der Waals surface area contributed by atoms with E-state index in [-0.39, 0.29) is 12.3 Å². The zero-order chi connectivity index (χ0) is 16.1. The summed E-state index contributed by atoms with van der Waals surface area (Å²) in [6.45, 7) is 5.36.